The highest BCUT2D eigenvalue weighted by atomic mass is 32.1. The van der Waals surface area contributed by atoms with E-state index in [0.717, 1.165) is 73.5 Å². The lowest BCUT2D eigenvalue weighted by molar-refractivity contribution is 0.0367. The smallest absolute Gasteiger partial charge is 0.253 e. The Balaban J connectivity index is 1.53. The van der Waals surface area contributed by atoms with Crippen molar-refractivity contribution < 1.29 is 4.74 Å². The van der Waals surface area contributed by atoms with Gasteiger partial charge in [0.15, 0.2) is 5.11 Å². The van der Waals surface area contributed by atoms with Crippen LogP contribution in [0.3, 0.4) is 0 Å². The number of hydrogen-bond acceptors (Lipinski definition) is 4. The van der Waals surface area contributed by atoms with E-state index in [1.807, 2.05) is 43.3 Å². The Bertz CT molecular complexity index is 1160. The summed E-state index contributed by atoms with van der Waals surface area (Å²) in [7, 11) is 0. The maximum Gasteiger partial charge on any atom is 0.253 e. The number of para-hydroxylation sites is 1. The Labute approximate surface area is 200 Å². The van der Waals surface area contributed by atoms with E-state index in [-0.39, 0.29) is 5.56 Å². The van der Waals surface area contributed by atoms with Crippen molar-refractivity contribution in [2.45, 2.75) is 26.8 Å². The number of hydrogen-bond donors (Lipinski definition) is 2. The molecule has 1 fully saturated rings. The van der Waals surface area contributed by atoms with Gasteiger partial charge in [-0.15, -0.1) is 0 Å². The Morgan fingerprint density at radius 1 is 1.15 bits per heavy atom. The summed E-state index contributed by atoms with van der Waals surface area (Å²) in [6, 6.07) is 16.1. The summed E-state index contributed by atoms with van der Waals surface area (Å²) in [5.74, 6) is 0. The molecular formula is C26H32N4O2S. The van der Waals surface area contributed by atoms with Crippen LogP contribution in [-0.2, 0) is 11.3 Å². The Morgan fingerprint density at radius 3 is 2.67 bits per heavy atom. The summed E-state index contributed by atoms with van der Waals surface area (Å²) in [6.45, 7) is 9.84. The molecule has 0 aliphatic carbocycles. The van der Waals surface area contributed by atoms with Gasteiger partial charge in [0, 0.05) is 37.4 Å². The quantitative estimate of drug-likeness (QED) is 0.514. The maximum atomic E-state index is 12.9. The largest absolute Gasteiger partial charge is 0.379 e. The molecule has 3 aromatic rings. The minimum absolute atomic E-state index is 0.0601. The van der Waals surface area contributed by atoms with Gasteiger partial charge < -0.3 is 19.9 Å². The second-order valence-corrected chi connectivity index (χ2v) is 9.08. The van der Waals surface area contributed by atoms with Crippen LogP contribution in [0.25, 0.3) is 10.9 Å². The number of thiocarbonyl (C=S) groups is 1. The van der Waals surface area contributed by atoms with E-state index in [2.05, 4.69) is 39.2 Å². The van der Waals surface area contributed by atoms with Crippen molar-refractivity contribution in [3.8, 4) is 0 Å². The molecule has 1 aromatic heterocycles. The van der Waals surface area contributed by atoms with Gasteiger partial charge in [-0.3, -0.25) is 9.69 Å². The van der Waals surface area contributed by atoms with Gasteiger partial charge in [-0.2, -0.15) is 0 Å². The first-order chi connectivity index (χ1) is 16.0. The molecule has 1 aliphatic rings. The molecule has 2 N–H and O–H groups in total. The molecule has 0 spiro atoms. The van der Waals surface area contributed by atoms with Crippen molar-refractivity contribution in [1.29, 1.82) is 0 Å². The van der Waals surface area contributed by atoms with E-state index in [9.17, 15) is 4.79 Å². The van der Waals surface area contributed by atoms with Crippen molar-refractivity contribution in [3.05, 3.63) is 75.6 Å². The summed E-state index contributed by atoms with van der Waals surface area (Å²) in [5.41, 5.74) is 4.77. The second-order valence-electron chi connectivity index (χ2n) is 8.70. The molecule has 0 bridgehead atoms. The molecular weight excluding hydrogens is 432 g/mol. The van der Waals surface area contributed by atoms with Gasteiger partial charge >= 0.3 is 0 Å². The number of nitrogens with zero attached hydrogens (tertiary/aromatic N) is 2. The number of ether oxygens (including phenoxy) is 1. The third-order valence-electron chi connectivity index (χ3n) is 6.05. The van der Waals surface area contributed by atoms with E-state index in [4.69, 9.17) is 17.0 Å². The highest BCUT2D eigenvalue weighted by Crippen LogP contribution is 2.19. The van der Waals surface area contributed by atoms with Gasteiger partial charge in [-0.05, 0) is 67.7 Å². The first kappa shape index (κ1) is 23.4. The fraction of sp³-hybridized carbons (Fsp3) is 0.385. The molecule has 7 heteroatoms. The van der Waals surface area contributed by atoms with Crippen LogP contribution in [0.1, 0.15) is 23.1 Å². The number of aromatic amines is 1. The average molecular weight is 465 g/mol. The van der Waals surface area contributed by atoms with E-state index in [0.29, 0.717) is 11.7 Å². The first-order valence-electron chi connectivity index (χ1n) is 11.5. The maximum absolute atomic E-state index is 12.9. The predicted octanol–water partition coefficient (Wildman–Crippen LogP) is 4.07. The monoisotopic (exact) mass is 464 g/mol. The molecule has 2 heterocycles. The molecule has 0 radical (unpaired) electrons. The molecule has 0 amide bonds. The minimum Gasteiger partial charge on any atom is -0.379 e. The second kappa shape index (κ2) is 10.9. The molecule has 33 heavy (non-hydrogen) atoms. The number of benzene rings is 2. The molecule has 6 nitrogen and oxygen atoms in total. The molecule has 4 rings (SSSR count). The topological polar surface area (TPSA) is 60.6 Å². The van der Waals surface area contributed by atoms with Crippen molar-refractivity contribution >= 4 is 33.9 Å². The van der Waals surface area contributed by atoms with Crippen LogP contribution in [0.5, 0.6) is 0 Å². The highest BCUT2D eigenvalue weighted by molar-refractivity contribution is 7.80. The zero-order valence-electron chi connectivity index (χ0n) is 19.4. The number of rotatable bonds is 7. The fourth-order valence-corrected chi connectivity index (χ4v) is 4.62. The van der Waals surface area contributed by atoms with Crippen LogP contribution >= 0.6 is 12.2 Å². The number of aryl methyl sites for hydroxylation is 2. The average Bonchev–Trinajstić information content (AvgIpc) is 2.80. The molecule has 0 atom stereocenters. The number of H-pyrrole nitrogens is 1. The molecule has 0 saturated carbocycles. The molecule has 174 valence electrons. The number of fused-ring (bicyclic) bond motifs is 1. The van der Waals surface area contributed by atoms with Crippen LogP contribution in [-0.4, -0.2) is 59.3 Å². The van der Waals surface area contributed by atoms with Gasteiger partial charge in [0.1, 0.15) is 0 Å². The van der Waals surface area contributed by atoms with E-state index < -0.39 is 0 Å². The lowest BCUT2D eigenvalue weighted by Crippen LogP contribution is -2.40. The van der Waals surface area contributed by atoms with Gasteiger partial charge in [0.25, 0.3) is 5.56 Å². The third-order valence-corrected chi connectivity index (χ3v) is 6.41. The van der Waals surface area contributed by atoms with Gasteiger partial charge in [0.2, 0.25) is 0 Å². The van der Waals surface area contributed by atoms with E-state index in [1.54, 1.807) is 0 Å². The number of morpholine rings is 1. The van der Waals surface area contributed by atoms with Crippen molar-refractivity contribution in [2.75, 3.05) is 44.7 Å². The molecule has 1 saturated heterocycles. The summed E-state index contributed by atoms with van der Waals surface area (Å²) < 4.78 is 5.45. The Kier molecular flexibility index (Phi) is 7.75. The predicted molar refractivity (Wildman–Crippen MR) is 139 cm³/mol. The number of anilines is 1. The molecule has 0 unspecified atom stereocenters. The van der Waals surface area contributed by atoms with Crippen molar-refractivity contribution in [1.82, 2.24) is 14.8 Å². The van der Waals surface area contributed by atoms with Crippen LogP contribution in [0, 0.1) is 13.8 Å². The Morgan fingerprint density at radius 2 is 1.91 bits per heavy atom. The molecule has 2 aromatic carbocycles. The first-order valence-corrected chi connectivity index (χ1v) is 11.9. The number of nitrogens with one attached hydrogen (secondary N) is 2. The zero-order chi connectivity index (χ0) is 23.2. The van der Waals surface area contributed by atoms with Gasteiger partial charge in [-0.25, -0.2) is 0 Å². The van der Waals surface area contributed by atoms with Crippen LogP contribution in [0.4, 0.5) is 5.69 Å². The van der Waals surface area contributed by atoms with E-state index >= 15 is 0 Å². The lowest BCUT2D eigenvalue weighted by Gasteiger charge is -2.29. The van der Waals surface area contributed by atoms with Crippen molar-refractivity contribution in [2.24, 2.45) is 0 Å². The molecule has 1 aliphatic heterocycles. The number of aromatic nitrogens is 1. The van der Waals surface area contributed by atoms with Crippen LogP contribution in [0.15, 0.2) is 53.3 Å². The SMILES string of the molecule is Cc1cc(C)c2[nH]c(=O)c(CN(CCCN3CCOCC3)C(=S)Nc3ccccc3)cc2c1. The Hall–Kier alpha value is -2.74. The number of pyridine rings is 1. The third kappa shape index (κ3) is 6.19. The normalized spacial score (nSPS) is 14.4. The fourth-order valence-electron chi connectivity index (χ4n) is 4.34. The highest BCUT2D eigenvalue weighted by Gasteiger charge is 2.16. The van der Waals surface area contributed by atoms with Crippen LogP contribution in [0.2, 0.25) is 0 Å². The van der Waals surface area contributed by atoms with Crippen LogP contribution < -0.4 is 10.9 Å². The summed E-state index contributed by atoms with van der Waals surface area (Å²) in [5, 5.41) is 5.02. The van der Waals surface area contributed by atoms with E-state index in [1.165, 1.54) is 5.56 Å². The zero-order valence-corrected chi connectivity index (χ0v) is 20.2. The summed E-state index contributed by atoms with van der Waals surface area (Å²) >= 11 is 5.78. The minimum atomic E-state index is -0.0601. The van der Waals surface area contributed by atoms with Gasteiger partial charge in [0.05, 0.1) is 25.3 Å². The van der Waals surface area contributed by atoms with Gasteiger partial charge in [-0.1, -0.05) is 29.8 Å². The lowest BCUT2D eigenvalue weighted by atomic mass is 10.1. The summed E-state index contributed by atoms with van der Waals surface area (Å²) in [4.78, 5) is 20.5. The van der Waals surface area contributed by atoms with Crippen molar-refractivity contribution in [3.63, 3.8) is 0 Å². The summed E-state index contributed by atoms with van der Waals surface area (Å²) in [6.07, 6.45) is 0.959. The standard InChI is InChI=1S/C26H32N4O2S/c1-19-15-20(2)24-21(16-19)17-22(25(31)28-24)18-30(10-6-9-29-11-13-32-14-12-29)26(33)27-23-7-4-3-5-8-23/h3-5,7-8,15-17H,6,9-14,18H2,1-2H3,(H,27,33)(H,28,31).